The molecule has 0 radical (unpaired) electrons. The molecule has 4 saturated carbocycles. The van der Waals surface area contributed by atoms with Crippen LogP contribution in [-0.2, 0) is 14.3 Å². The van der Waals surface area contributed by atoms with Crippen LogP contribution in [0.5, 0.6) is 5.75 Å². The molecular weight excluding hydrogens is 375 g/mol. The molecule has 2 N–H and O–H groups in total. The van der Waals surface area contributed by atoms with E-state index in [-0.39, 0.29) is 42.2 Å². The van der Waals surface area contributed by atoms with Crippen molar-refractivity contribution in [1.29, 1.82) is 0 Å². The maximum Gasteiger partial charge on any atom is 0.258 e. The lowest BCUT2D eigenvalue weighted by Crippen LogP contribution is -2.84. The van der Waals surface area contributed by atoms with Crippen LogP contribution in [0.15, 0.2) is 24.3 Å². The zero-order valence-corrected chi connectivity index (χ0v) is 15.6. The first-order valence-corrected chi connectivity index (χ1v) is 9.49. The van der Waals surface area contributed by atoms with Crippen molar-refractivity contribution in [2.24, 2.45) is 0 Å². The number of benzene rings is 1. The predicted molar refractivity (Wildman–Crippen MR) is 96.4 cm³/mol. The van der Waals surface area contributed by atoms with Crippen LogP contribution < -0.4 is 15.4 Å². The molecule has 0 saturated heterocycles. The molecule has 5 rings (SSSR count). The van der Waals surface area contributed by atoms with E-state index >= 15 is 0 Å². The van der Waals surface area contributed by atoms with Crippen LogP contribution in [0.25, 0.3) is 0 Å². The molecule has 8 heteroatoms. The van der Waals surface area contributed by atoms with Gasteiger partial charge >= 0.3 is 0 Å². The number of carbonyl (C=O) groups is 2. The molecule has 6 nitrogen and oxygen atoms in total. The monoisotopic (exact) mass is 396 g/mol. The molecule has 4 aliphatic rings. The largest absolute Gasteiger partial charge is 0.484 e. The third kappa shape index (κ3) is 4.04. The molecule has 2 amide bonds. The van der Waals surface area contributed by atoms with E-state index in [0.29, 0.717) is 42.9 Å². The van der Waals surface area contributed by atoms with Gasteiger partial charge in [0.1, 0.15) is 18.5 Å². The molecule has 0 aliphatic heterocycles. The van der Waals surface area contributed by atoms with Gasteiger partial charge in [-0.15, -0.1) is 0 Å². The van der Waals surface area contributed by atoms with Crippen molar-refractivity contribution >= 4 is 23.4 Å². The Balaban J connectivity index is 1.13. The van der Waals surface area contributed by atoms with E-state index in [9.17, 15) is 14.0 Å². The first kappa shape index (κ1) is 18.5. The molecule has 27 heavy (non-hydrogen) atoms. The fourth-order valence-corrected chi connectivity index (χ4v) is 4.35. The molecule has 4 aliphatic carbocycles. The van der Waals surface area contributed by atoms with Gasteiger partial charge in [0.25, 0.3) is 5.91 Å². The number of ether oxygens (including phenoxy) is 2. The van der Waals surface area contributed by atoms with E-state index in [1.54, 1.807) is 24.3 Å². The second-order valence-corrected chi connectivity index (χ2v) is 8.37. The minimum Gasteiger partial charge on any atom is -0.484 e. The summed E-state index contributed by atoms with van der Waals surface area (Å²) in [6.07, 6.45) is 1.99. The number of nitrogens with one attached hydrogen (secondary N) is 2. The average Bonchev–Trinajstić information content (AvgIpc) is 2.54. The van der Waals surface area contributed by atoms with Gasteiger partial charge in [-0.1, -0.05) is 11.6 Å². The lowest BCUT2D eigenvalue weighted by atomic mass is 9.44. The normalized spacial score (nSPS) is 33.1. The SMILES string of the molecule is O=C(COc1ccc(Cl)cc1)NC12CC(NC(=O)COC3CC(F)C3)(C1)C2. The molecule has 146 valence electrons. The van der Waals surface area contributed by atoms with Crippen molar-refractivity contribution in [2.75, 3.05) is 13.2 Å². The van der Waals surface area contributed by atoms with Gasteiger partial charge in [0.2, 0.25) is 5.91 Å². The Bertz CT molecular complexity index is 716. The van der Waals surface area contributed by atoms with E-state index in [1.165, 1.54) is 0 Å². The third-order valence-electron chi connectivity index (χ3n) is 5.51. The Morgan fingerprint density at radius 1 is 1.04 bits per heavy atom. The quantitative estimate of drug-likeness (QED) is 0.706. The second-order valence-electron chi connectivity index (χ2n) is 7.93. The van der Waals surface area contributed by atoms with E-state index in [2.05, 4.69) is 10.6 Å². The fourth-order valence-electron chi connectivity index (χ4n) is 4.23. The van der Waals surface area contributed by atoms with Gasteiger partial charge < -0.3 is 20.1 Å². The second kappa shape index (κ2) is 6.95. The van der Waals surface area contributed by atoms with Crippen LogP contribution in [0.1, 0.15) is 32.1 Å². The van der Waals surface area contributed by atoms with Gasteiger partial charge in [0.05, 0.1) is 6.10 Å². The van der Waals surface area contributed by atoms with Crippen molar-refractivity contribution in [3.63, 3.8) is 0 Å². The van der Waals surface area contributed by atoms with Crippen molar-refractivity contribution in [2.45, 2.75) is 55.5 Å². The topological polar surface area (TPSA) is 76.7 Å². The lowest BCUT2D eigenvalue weighted by molar-refractivity contribution is -0.155. The molecule has 1 aromatic rings. The zero-order chi connectivity index (χ0) is 19.1. The van der Waals surface area contributed by atoms with Crippen LogP contribution in [0.3, 0.4) is 0 Å². The summed E-state index contributed by atoms with van der Waals surface area (Å²) in [5.41, 5.74) is -0.461. The Morgan fingerprint density at radius 3 is 2.15 bits per heavy atom. The molecule has 1 aromatic carbocycles. The zero-order valence-electron chi connectivity index (χ0n) is 14.8. The number of halogens is 2. The van der Waals surface area contributed by atoms with E-state index in [1.807, 2.05) is 0 Å². The smallest absolute Gasteiger partial charge is 0.258 e. The molecule has 4 fully saturated rings. The van der Waals surface area contributed by atoms with Crippen LogP contribution in [0, 0.1) is 0 Å². The van der Waals surface area contributed by atoms with Crippen LogP contribution >= 0.6 is 11.6 Å². The Kier molecular flexibility index (Phi) is 4.76. The summed E-state index contributed by atoms with van der Waals surface area (Å²) in [5.74, 6) is 0.225. The minimum absolute atomic E-state index is 0.0343. The molecule has 0 aromatic heterocycles. The first-order chi connectivity index (χ1) is 12.9. The highest BCUT2D eigenvalue weighted by atomic mass is 35.5. The number of rotatable bonds is 8. The molecule has 0 spiro atoms. The van der Waals surface area contributed by atoms with E-state index < -0.39 is 6.17 Å². The maximum absolute atomic E-state index is 12.7. The Labute approximate surface area is 161 Å². The molecule has 0 unspecified atom stereocenters. The molecule has 0 heterocycles. The van der Waals surface area contributed by atoms with Crippen molar-refractivity contribution in [3.8, 4) is 5.75 Å². The predicted octanol–water partition coefficient (Wildman–Crippen LogP) is 2.14. The van der Waals surface area contributed by atoms with Gasteiger partial charge in [0.15, 0.2) is 6.61 Å². The van der Waals surface area contributed by atoms with Crippen molar-refractivity contribution in [3.05, 3.63) is 29.3 Å². The molecule has 2 bridgehead atoms. The van der Waals surface area contributed by atoms with Crippen molar-refractivity contribution in [1.82, 2.24) is 10.6 Å². The highest BCUT2D eigenvalue weighted by Gasteiger charge is 2.69. The van der Waals surface area contributed by atoms with Gasteiger partial charge in [-0.2, -0.15) is 0 Å². The van der Waals surface area contributed by atoms with Crippen LogP contribution in [0.2, 0.25) is 5.02 Å². The molecule has 0 atom stereocenters. The van der Waals surface area contributed by atoms with Crippen molar-refractivity contribution < 1.29 is 23.5 Å². The average molecular weight is 397 g/mol. The van der Waals surface area contributed by atoms with Gasteiger partial charge in [-0.05, 0) is 43.5 Å². The summed E-state index contributed by atoms with van der Waals surface area (Å²) in [5, 5.41) is 6.59. The lowest BCUT2D eigenvalue weighted by Gasteiger charge is -2.70. The minimum atomic E-state index is -0.789. The van der Waals surface area contributed by atoms with E-state index in [0.717, 1.165) is 0 Å². The Morgan fingerprint density at radius 2 is 1.59 bits per heavy atom. The highest BCUT2D eigenvalue weighted by molar-refractivity contribution is 6.30. The number of amides is 2. The maximum atomic E-state index is 12.7. The first-order valence-electron chi connectivity index (χ1n) is 9.12. The summed E-state index contributed by atoms with van der Waals surface area (Å²) < 4.78 is 23.5. The van der Waals surface area contributed by atoms with Gasteiger partial charge in [-0.25, -0.2) is 4.39 Å². The number of carbonyl (C=O) groups excluding carboxylic acids is 2. The summed E-state index contributed by atoms with van der Waals surface area (Å²) >= 11 is 5.81. The Hall–Kier alpha value is -1.86. The van der Waals surface area contributed by atoms with Crippen LogP contribution in [-0.4, -0.2) is 48.4 Å². The molecular formula is C19H22ClFN2O4. The summed E-state index contributed by atoms with van der Waals surface area (Å²) in [4.78, 5) is 24.1. The number of alkyl halides is 1. The number of hydrogen-bond acceptors (Lipinski definition) is 4. The van der Waals surface area contributed by atoms with Crippen LogP contribution in [0.4, 0.5) is 4.39 Å². The van der Waals surface area contributed by atoms with Gasteiger partial charge in [-0.3, -0.25) is 9.59 Å². The summed E-state index contributed by atoms with van der Waals surface area (Å²) in [7, 11) is 0. The third-order valence-corrected chi connectivity index (χ3v) is 5.76. The standard InChI is InChI=1S/C19H22ClFN2O4/c20-12-1-3-14(4-2-12)26-7-16(24)22-18-9-19(10-18,11-18)23-17(25)8-27-15-5-13(21)6-15/h1-4,13,15H,5-11H2,(H,22,24)(H,23,25). The van der Waals surface area contributed by atoms with E-state index in [4.69, 9.17) is 21.1 Å². The van der Waals surface area contributed by atoms with Gasteiger partial charge in [0, 0.05) is 28.9 Å². The highest BCUT2D eigenvalue weighted by Crippen LogP contribution is 2.60. The summed E-state index contributed by atoms with van der Waals surface area (Å²) in [6, 6.07) is 6.82. The summed E-state index contributed by atoms with van der Waals surface area (Å²) in [6.45, 7) is -0.0963. The fraction of sp³-hybridized carbons (Fsp3) is 0.579. The number of hydrogen-bond donors (Lipinski definition) is 2.